The van der Waals surface area contributed by atoms with E-state index >= 15 is 0 Å². The number of nitrogens with zero attached hydrogens (tertiary/aromatic N) is 1. The molecule has 0 radical (unpaired) electrons. The summed E-state index contributed by atoms with van der Waals surface area (Å²) in [5.74, 6) is -1.53. The standard InChI is InChI=1S/C20H15ClF2N2O4S/c21-13-5-3-4-12(8-13)19-24-14(11-30-19)9-18(27)28-10-17(26)25-15-6-1-2-7-16(15)29-20(22)23/h1-8,11,20H,9-10H2,(H,25,26). The summed E-state index contributed by atoms with van der Waals surface area (Å²) in [6, 6.07) is 12.9. The number of thiazole rings is 1. The zero-order valence-corrected chi connectivity index (χ0v) is 16.9. The fourth-order valence-electron chi connectivity index (χ4n) is 2.44. The molecule has 0 aliphatic heterocycles. The van der Waals surface area contributed by atoms with Crippen LogP contribution in [-0.2, 0) is 20.7 Å². The van der Waals surface area contributed by atoms with Crippen LogP contribution in [0.1, 0.15) is 5.69 Å². The number of alkyl halides is 2. The molecule has 1 amide bonds. The molecule has 3 aromatic rings. The maximum absolute atomic E-state index is 12.4. The fourth-order valence-corrected chi connectivity index (χ4v) is 3.45. The monoisotopic (exact) mass is 452 g/mol. The molecule has 1 heterocycles. The topological polar surface area (TPSA) is 77.5 Å². The number of ether oxygens (including phenoxy) is 2. The van der Waals surface area contributed by atoms with Gasteiger partial charge in [-0.3, -0.25) is 9.59 Å². The molecular weight excluding hydrogens is 438 g/mol. The molecule has 0 unspecified atom stereocenters. The van der Waals surface area contributed by atoms with Crippen LogP contribution in [0.15, 0.2) is 53.9 Å². The van der Waals surface area contributed by atoms with Crippen LogP contribution in [0, 0.1) is 0 Å². The number of nitrogens with one attached hydrogen (secondary N) is 1. The molecule has 30 heavy (non-hydrogen) atoms. The Morgan fingerprint density at radius 2 is 1.97 bits per heavy atom. The number of aromatic nitrogens is 1. The predicted molar refractivity (Wildman–Crippen MR) is 109 cm³/mol. The van der Waals surface area contributed by atoms with E-state index in [4.69, 9.17) is 16.3 Å². The van der Waals surface area contributed by atoms with E-state index in [0.29, 0.717) is 15.7 Å². The number of para-hydroxylation sites is 2. The van der Waals surface area contributed by atoms with Crippen LogP contribution in [0.3, 0.4) is 0 Å². The Hall–Kier alpha value is -3.04. The van der Waals surface area contributed by atoms with E-state index in [2.05, 4.69) is 15.0 Å². The summed E-state index contributed by atoms with van der Waals surface area (Å²) >= 11 is 7.32. The number of amides is 1. The third-order valence-electron chi connectivity index (χ3n) is 3.69. The zero-order valence-electron chi connectivity index (χ0n) is 15.3. The van der Waals surface area contributed by atoms with E-state index in [1.165, 1.54) is 29.5 Å². The number of carbonyl (C=O) groups excluding carboxylic acids is 2. The van der Waals surface area contributed by atoms with E-state index in [9.17, 15) is 18.4 Å². The molecule has 156 valence electrons. The number of hydrogen-bond donors (Lipinski definition) is 1. The van der Waals surface area contributed by atoms with Crippen LogP contribution in [0.5, 0.6) is 5.75 Å². The lowest BCUT2D eigenvalue weighted by molar-refractivity contribution is -0.146. The summed E-state index contributed by atoms with van der Waals surface area (Å²) in [6.45, 7) is -3.61. The minimum Gasteiger partial charge on any atom is -0.455 e. The van der Waals surface area contributed by atoms with Gasteiger partial charge in [-0.05, 0) is 24.3 Å². The van der Waals surface area contributed by atoms with E-state index < -0.39 is 25.1 Å². The van der Waals surface area contributed by atoms with Crippen LogP contribution in [-0.4, -0.2) is 30.1 Å². The van der Waals surface area contributed by atoms with Crippen molar-refractivity contribution < 1.29 is 27.8 Å². The zero-order chi connectivity index (χ0) is 21.5. The van der Waals surface area contributed by atoms with Crippen molar-refractivity contribution in [1.82, 2.24) is 4.98 Å². The summed E-state index contributed by atoms with van der Waals surface area (Å²) in [7, 11) is 0. The van der Waals surface area contributed by atoms with Crippen molar-refractivity contribution in [3.63, 3.8) is 0 Å². The Labute approximate surface area is 179 Å². The second kappa shape index (κ2) is 10.1. The first-order valence-electron chi connectivity index (χ1n) is 8.60. The first-order valence-corrected chi connectivity index (χ1v) is 9.86. The van der Waals surface area contributed by atoms with Gasteiger partial charge in [0, 0.05) is 16.0 Å². The van der Waals surface area contributed by atoms with Crippen molar-refractivity contribution in [2.75, 3.05) is 11.9 Å². The third kappa shape index (κ3) is 6.23. The van der Waals surface area contributed by atoms with Crippen molar-refractivity contribution >= 4 is 40.5 Å². The van der Waals surface area contributed by atoms with E-state index in [-0.39, 0.29) is 17.9 Å². The molecule has 0 fully saturated rings. The van der Waals surface area contributed by atoms with Gasteiger partial charge in [0.05, 0.1) is 17.8 Å². The highest BCUT2D eigenvalue weighted by Gasteiger charge is 2.15. The average Bonchev–Trinajstić information content (AvgIpc) is 3.16. The van der Waals surface area contributed by atoms with Gasteiger partial charge in [-0.15, -0.1) is 11.3 Å². The number of anilines is 1. The lowest BCUT2D eigenvalue weighted by Gasteiger charge is -2.11. The van der Waals surface area contributed by atoms with Gasteiger partial charge < -0.3 is 14.8 Å². The highest BCUT2D eigenvalue weighted by Crippen LogP contribution is 2.27. The first kappa shape index (κ1) is 21.7. The van der Waals surface area contributed by atoms with Crippen molar-refractivity contribution in [3.05, 3.63) is 64.6 Å². The Kier molecular flexibility index (Phi) is 7.31. The minimum absolute atomic E-state index is 0.0458. The van der Waals surface area contributed by atoms with Gasteiger partial charge in [0.15, 0.2) is 6.61 Å². The van der Waals surface area contributed by atoms with Crippen LogP contribution < -0.4 is 10.1 Å². The van der Waals surface area contributed by atoms with Gasteiger partial charge in [0.25, 0.3) is 5.91 Å². The van der Waals surface area contributed by atoms with Crippen LogP contribution in [0.2, 0.25) is 5.02 Å². The van der Waals surface area contributed by atoms with Gasteiger partial charge in [0.1, 0.15) is 10.8 Å². The molecule has 3 rings (SSSR count). The summed E-state index contributed by atoms with van der Waals surface area (Å²) in [5, 5.41) is 5.36. The first-order chi connectivity index (χ1) is 14.4. The number of esters is 1. The SMILES string of the molecule is O=C(COC(=O)Cc1csc(-c2cccc(Cl)c2)n1)Nc1ccccc1OC(F)F. The lowest BCUT2D eigenvalue weighted by Crippen LogP contribution is -2.22. The number of rotatable bonds is 8. The van der Waals surface area contributed by atoms with Crippen molar-refractivity contribution in [1.29, 1.82) is 0 Å². The lowest BCUT2D eigenvalue weighted by atomic mass is 10.2. The van der Waals surface area contributed by atoms with Crippen LogP contribution in [0.4, 0.5) is 14.5 Å². The molecular formula is C20H15ClF2N2O4S. The van der Waals surface area contributed by atoms with Crippen LogP contribution >= 0.6 is 22.9 Å². The van der Waals surface area contributed by atoms with Crippen LogP contribution in [0.25, 0.3) is 10.6 Å². The fraction of sp³-hybridized carbons (Fsp3) is 0.150. The molecule has 0 saturated carbocycles. The van der Waals surface area contributed by atoms with Crippen molar-refractivity contribution in [2.24, 2.45) is 0 Å². The van der Waals surface area contributed by atoms with E-state index in [1.807, 2.05) is 6.07 Å². The number of benzene rings is 2. The van der Waals surface area contributed by atoms with Gasteiger partial charge >= 0.3 is 12.6 Å². The molecule has 0 saturated heterocycles. The Balaban J connectivity index is 1.51. The maximum Gasteiger partial charge on any atom is 0.387 e. The molecule has 0 spiro atoms. The highest BCUT2D eigenvalue weighted by molar-refractivity contribution is 7.13. The Morgan fingerprint density at radius 1 is 1.17 bits per heavy atom. The molecule has 0 aliphatic rings. The number of hydrogen-bond acceptors (Lipinski definition) is 6. The minimum atomic E-state index is -3.03. The molecule has 0 aliphatic carbocycles. The highest BCUT2D eigenvalue weighted by atomic mass is 35.5. The van der Waals surface area contributed by atoms with E-state index in [0.717, 1.165) is 5.56 Å². The maximum atomic E-state index is 12.4. The number of halogens is 3. The Bertz CT molecular complexity index is 1040. The summed E-state index contributed by atoms with van der Waals surface area (Å²) < 4.78 is 34.1. The molecule has 2 aromatic carbocycles. The van der Waals surface area contributed by atoms with Gasteiger partial charge in [-0.2, -0.15) is 8.78 Å². The second-order valence-corrected chi connectivity index (χ2v) is 7.21. The molecule has 0 bridgehead atoms. The molecule has 6 nitrogen and oxygen atoms in total. The molecule has 10 heteroatoms. The summed E-state index contributed by atoms with van der Waals surface area (Å²) in [5.41, 5.74) is 1.37. The molecule has 0 atom stereocenters. The third-order valence-corrected chi connectivity index (χ3v) is 4.87. The van der Waals surface area contributed by atoms with Gasteiger partial charge in [0.2, 0.25) is 0 Å². The number of carbonyl (C=O) groups is 2. The summed E-state index contributed by atoms with van der Waals surface area (Å²) in [4.78, 5) is 28.3. The average molecular weight is 453 g/mol. The molecule has 1 aromatic heterocycles. The predicted octanol–water partition coefficient (Wildman–Crippen LogP) is 4.79. The normalized spacial score (nSPS) is 10.7. The molecule has 1 N–H and O–H groups in total. The van der Waals surface area contributed by atoms with Crippen molar-refractivity contribution in [2.45, 2.75) is 13.0 Å². The van der Waals surface area contributed by atoms with E-state index in [1.54, 1.807) is 29.6 Å². The van der Waals surface area contributed by atoms with Gasteiger partial charge in [-0.1, -0.05) is 35.9 Å². The van der Waals surface area contributed by atoms with Crippen molar-refractivity contribution in [3.8, 4) is 16.3 Å². The van der Waals surface area contributed by atoms with Gasteiger partial charge in [-0.25, -0.2) is 4.98 Å². The second-order valence-electron chi connectivity index (χ2n) is 5.91. The smallest absolute Gasteiger partial charge is 0.387 e. The summed E-state index contributed by atoms with van der Waals surface area (Å²) in [6.07, 6.45) is -0.116. The quantitative estimate of drug-likeness (QED) is 0.497. The Morgan fingerprint density at radius 3 is 2.73 bits per heavy atom. The largest absolute Gasteiger partial charge is 0.455 e.